The van der Waals surface area contributed by atoms with Crippen LogP contribution in [-0.2, 0) is 4.79 Å². The first-order valence-corrected chi connectivity index (χ1v) is 3.99. The molecule has 1 aliphatic rings. The van der Waals surface area contributed by atoms with Crippen molar-refractivity contribution >= 4 is 17.7 Å². The van der Waals surface area contributed by atoms with Crippen LogP contribution in [0.2, 0.25) is 0 Å². The summed E-state index contributed by atoms with van der Waals surface area (Å²) in [5.41, 5.74) is 6.33. The van der Waals surface area contributed by atoms with E-state index in [-0.39, 0.29) is 5.91 Å². The van der Waals surface area contributed by atoms with Crippen molar-refractivity contribution in [1.29, 1.82) is 0 Å². The second kappa shape index (κ2) is 2.92. The summed E-state index contributed by atoms with van der Waals surface area (Å²) in [5, 5.41) is 0. The van der Waals surface area contributed by atoms with Gasteiger partial charge in [-0.05, 0) is 13.0 Å². The number of nitrogens with two attached hydrogens (primary N) is 1. The van der Waals surface area contributed by atoms with Crippen LogP contribution in [0.4, 0.5) is 0 Å². The maximum absolute atomic E-state index is 10.6. The average Bonchev–Trinajstić information content (AvgIpc) is 1.88. The Labute approximate surface area is 64.2 Å². The third-order valence-corrected chi connectivity index (χ3v) is 2.47. The highest BCUT2D eigenvalue weighted by molar-refractivity contribution is 8.04. The second-order valence-electron chi connectivity index (χ2n) is 2.20. The van der Waals surface area contributed by atoms with Crippen LogP contribution in [0.3, 0.4) is 0 Å². The van der Waals surface area contributed by atoms with Crippen LogP contribution in [0.25, 0.3) is 0 Å². The maximum atomic E-state index is 10.6. The summed E-state index contributed by atoms with van der Waals surface area (Å²) in [5.74, 6) is 0.558. The Kier molecular flexibility index (Phi) is 2.17. The number of carbonyl (C=O) groups is 1. The minimum atomic E-state index is -0.325. The van der Waals surface area contributed by atoms with Gasteiger partial charge in [0.1, 0.15) is 0 Å². The molecule has 1 heterocycles. The molecule has 54 valence electrons. The predicted octanol–water partition coefficient (Wildman–Crippen LogP) is 1.05. The van der Waals surface area contributed by atoms with Crippen molar-refractivity contribution in [3.05, 3.63) is 22.6 Å². The minimum Gasteiger partial charge on any atom is -0.365 e. The van der Waals surface area contributed by atoms with Crippen LogP contribution in [0.1, 0.15) is 6.92 Å². The molecule has 2 N–H and O–H groups in total. The average molecular weight is 155 g/mol. The third kappa shape index (κ3) is 1.64. The lowest BCUT2D eigenvalue weighted by molar-refractivity contribution is -0.113. The van der Waals surface area contributed by atoms with Crippen LogP contribution in [0.5, 0.6) is 0 Å². The molecule has 0 bridgehead atoms. The molecule has 1 amide bonds. The van der Waals surface area contributed by atoms with Crippen molar-refractivity contribution in [3.63, 3.8) is 0 Å². The number of rotatable bonds is 1. The van der Waals surface area contributed by atoms with E-state index in [1.165, 1.54) is 17.3 Å². The highest BCUT2D eigenvalue weighted by Gasteiger charge is 2.07. The van der Waals surface area contributed by atoms with Crippen molar-refractivity contribution in [2.45, 2.75) is 6.92 Å². The standard InChI is InChI=1S/C7H9NOS/c1-5-2-3-6(7(8)9)10-4-5/h2-3H,4H2,1H3,(H2,8,9). The number of carbonyl (C=O) groups excluding carboxylic acids is 1. The van der Waals surface area contributed by atoms with Gasteiger partial charge in [-0.1, -0.05) is 11.6 Å². The van der Waals surface area contributed by atoms with E-state index in [4.69, 9.17) is 5.73 Å². The van der Waals surface area contributed by atoms with Gasteiger partial charge >= 0.3 is 0 Å². The fourth-order valence-electron chi connectivity index (χ4n) is 0.659. The lowest BCUT2D eigenvalue weighted by Crippen LogP contribution is -2.13. The zero-order chi connectivity index (χ0) is 7.56. The summed E-state index contributed by atoms with van der Waals surface area (Å²) in [7, 11) is 0. The Morgan fingerprint density at radius 2 is 2.40 bits per heavy atom. The lowest BCUT2D eigenvalue weighted by Gasteiger charge is -2.06. The van der Waals surface area contributed by atoms with Gasteiger partial charge < -0.3 is 5.73 Å². The Morgan fingerprint density at radius 1 is 1.70 bits per heavy atom. The Bertz CT molecular complexity index is 218. The van der Waals surface area contributed by atoms with E-state index in [0.29, 0.717) is 4.91 Å². The molecule has 0 radical (unpaired) electrons. The van der Waals surface area contributed by atoms with Crippen LogP contribution in [0.15, 0.2) is 22.6 Å². The number of allylic oxidation sites excluding steroid dienone is 2. The van der Waals surface area contributed by atoms with Crippen LogP contribution >= 0.6 is 11.8 Å². The number of thioether (sulfide) groups is 1. The van der Waals surface area contributed by atoms with E-state index in [1.807, 2.05) is 13.0 Å². The van der Waals surface area contributed by atoms with Crippen molar-refractivity contribution in [1.82, 2.24) is 0 Å². The van der Waals surface area contributed by atoms with Crippen molar-refractivity contribution in [2.24, 2.45) is 5.73 Å². The Balaban J connectivity index is 2.74. The summed E-state index contributed by atoms with van der Waals surface area (Å²) < 4.78 is 0. The molecular weight excluding hydrogens is 146 g/mol. The quantitative estimate of drug-likeness (QED) is 0.615. The zero-order valence-corrected chi connectivity index (χ0v) is 6.57. The fourth-order valence-corrected chi connectivity index (χ4v) is 1.44. The van der Waals surface area contributed by atoms with E-state index in [0.717, 1.165) is 5.75 Å². The van der Waals surface area contributed by atoms with Gasteiger partial charge in [0.25, 0.3) is 5.91 Å². The highest BCUT2D eigenvalue weighted by Crippen LogP contribution is 2.22. The molecule has 0 unspecified atom stereocenters. The molecule has 0 spiro atoms. The molecule has 0 aromatic rings. The number of primary amides is 1. The first-order valence-electron chi connectivity index (χ1n) is 3.00. The molecule has 1 rings (SSSR count). The summed E-state index contributed by atoms with van der Waals surface area (Å²) in [6, 6.07) is 0. The van der Waals surface area contributed by atoms with Crippen LogP contribution in [0, 0.1) is 0 Å². The first-order chi connectivity index (χ1) is 4.70. The minimum absolute atomic E-state index is 0.325. The largest absolute Gasteiger partial charge is 0.365 e. The Morgan fingerprint density at radius 3 is 2.80 bits per heavy atom. The second-order valence-corrected chi connectivity index (χ2v) is 3.21. The summed E-state index contributed by atoms with van der Waals surface area (Å²) >= 11 is 1.50. The SMILES string of the molecule is CC1=CC=C(C(N)=O)SC1. The summed E-state index contributed by atoms with van der Waals surface area (Å²) in [6.45, 7) is 2.03. The maximum Gasteiger partial charge on any atom is 0.255 e. The number of hydrogen-bond acceptors (Lipinski definition) is 2. The van der Waals surface area contributed by atoms with Gasteiger partial charge in [0.15, 0.2) is 0 Å². The van der Waals surface area contributed by atoms with Crippen LogP contribution in [-0.4, -0.2) is 11.7 Å². The predicted molar refractivity (Wildman–Crippen MR) is 43.5 cm³/mol. The van der Waals surface area contributed by atoms with Gasteiger partial charge in [0.05, 0.1) is 4.91 Å². The molecule has 1 aliphatic heterocycles. The number of amides is 1. The topological polar surface area (TPSA) is 43.1 Å². The van der Waals surface area contributed by atoms with Gasteiger partial charge in [-0.3, -0.25) is 4.79 Å². The van der Waals surface area contributed by atoms with Crippen molar-refractivity contribution in [3.8, 4) is 0 Å². The smallest absolute Gasteiger partial charge is 0.255 e. The summed E-state index contributed by atoms with van der Waals surface area (Å²) in [4.78, 5) is 11.2. The van der Waals surface area contributed by atoms with E-state index < -0.39 is 0 Å². The molecule has 3 heteroatoms. The van der Waals surface area contributed by atoms with Crippen LogP contribution < -0.4 is 5.73 Å². The molecule has 0 aliphatic carbocycles. The molecule has 0 aromatic heterocycles. The van der Waals surface area contributed by atoms with E-state index >= 15 is 0 Å². The molecule has 10 heavy (non-hydrogen) atoms. The molecular formula is C7H9NOS. The molecule has 2 nitrogen and oxygen atoms in total. The lowest BCUT2D eigenvalue weighted by atomic mass is 10.3. The van der Waals surface area contributed by atoms with E-state index in [1.54, 1.807) is 6.08 Å². The molecule has 0 aromatic carbocycles. The van der Waals surface area contributed by atoms with Crippen molar-refractivity contribution < 1.29 is 4.79 Å². The van der Waals surface area contributed by atoms with Gasteiger partial charge in [-0.15, -0.1) is 11.8 Å². The van der Waals surface area contributed by atoms with E-state index in [9.17, 15) is 4.79 Å². The Hall–Kier alpha value is -0.700. The monoisotopic (exact) mass is 155 g/mol. The molecule has 0 saturated carbocycles. The highest BCUT2D eigenvalue weighted by atomic mass is 32.2. The molecule has 0 saturated heterocycles. The molecule has 0 fully saturated rings. The normalized spacial score (nSPS) is 17.7. The third-order valence-electron chi connectivity index (χ3n) is 1.22. The zero-order valence-electron chi connectivity index (χ0n) is 5.76. The van der Waals surface area contributed by atoms with Crippen molar-refractivity contribution in [2.75, 3.05) is 5.75 Å². The fraction of sp³-hybridized carbons (Fsp3) is 0.286. The summed E-state index contributed by atoms with van der Waals surface area (Å²) in [6.07, 6.45) is 3.70. The van der Waals surface area contributed by atoms with Gasteiger partial charge in [0.2, 0.25) is 0 Å². The first kappa shape index (κ1) is 7.41. The molecule has 0 atom stereocenters. The van der Waals surface area contributed by atoms with Gasteiger partial charge in [-0.25, -0.2) is 0 Å². The van der Waals surface area contributed by atoms with E-state index in [2.05, 4.69) is 0 Å². The number of hydrogen-bond donors (Lipinski definition) is 1. The van der Waals surface area contributed by atoms with Gasteiger partial charge in [0, 0.05) is 5.75 Å². The van der Waals surface area contributed by atoms with Gasteiger partial charge in [-0.2, -0.15) is 0 Å².